The van der Waals surface area contributed by atoms with Gasteiger partial charge in [-0.25, -0.2) is 0 Å². The summed E-state index contributed by atoms with van der Waals surface area (Å²) in [5.41, 5.74) is 0.909. The summed E-state index contributed by atoms with van der Waals surface area (Å²) in [6, 6.07) is 3.82. The smallest absolute Gasteiger partial charge is 0.270 e. The summed E-state index contributed by atoms with van der Waals surface area (Å²) in [5, 5.41) is 21.3. The lowest BCUT2D eigenvalue weighted by Crippen LogP contribution is -2.39. The first-order chi connectivity index (χ1) is 11.8. The highest BCUT2D eigenvalue weighted by molar-refractivity contribution is 5.93. The Hall–Kier alpha value is -2.28. The number of aromatic nitrogens is 4. The molecule has 1 fully saturated rings. The van der Waals surface area contributed by atoms with Crippen LogP contribution in [0.3, 0.4) is 0 Å². The van der Waals surface area contributed by atoms with Crippen LogP contribution in [0.5, 0.6) is 0 Å². The van der Waals surface area contributed by atoms with Crippen LogP contribution >= 0.6 is 0 Å². The molecule has 7 nitrogen and oxygen atoms in total. The van der Waals surface area contributed by atoms with Crippen molar-refractivity contribution < 1.29 is 9.90 Å². The van der Waals surface area contributed by atoms with E-state index in [0.717, 1.165) is 24.8 Å². The molecule has 1 saturated carbocycles. The van der Waals surface area contributed by atoms with Gasteiger partial charge in [0.25, 0.3) is 5.91 Å². The molecule has 2 heterocycles. The number of amides is 1. The molecule has 2 N–H and O–H groups in total. The third-order valence-corrected chi connectivity index (χ3v) is 4.79. The molecule has 0 radical (unpaired) electrons. The molecular formula is C18H25N5O2. The molecule has 2 aromatic rings. The Bertz CT molecular complexity index is 750. The van der Waals surface area contributed by atoms with Crippen molar-refractivity contribution >= 4 is 5.91 Å². The average Bonchev–Trinajstić information content (AvgIpc) is 3.18. The van der Waals surface area contributed by atoms with Gasteiger partial charge in [-0.3, -0.25) is 14.5 Å². The normalized spacial score (nSPS) is 20.6. The van der Waals surface area contributed by atoms with Crippen LogP contribution in [0.4, 0.5) is 0 Å². The van der Waals surface area contributed by atoms with E-state index in [1.54, 1.807) is 30.9 Å². The van der Waals surface area contributed by atoms with Crippen molar-refractivity contribution in [1.82, 2.24) is 25.3 Å². The summed E-state index contributed by atoms with van der Waals surface area (Å²) in [6.07, 6.45) is 6.48. The standard InChI is InChI=1S/C18H25N5O2/c1-12-6-5-9-19-16(12)17(24)20-14-8-4-7-13(14)10-23-11-15(21-22-23)18(2,3)25/h5-6,9,11,13-14,25H,4,7-8,10H2,1-3H3,(H,20,24)/t13-,14-/m1/s1. The molecule has 1 aliphatic rings. The third kappa shape index (κ3) is 4.04. The second-order valence-electron chi connectivity index (χ2n) is 7.32. The van der Waals surface area contributed by atoms with E-state index >= 15 is 0 Å². The highest BCUT2D eigenvalue weighted by Crippen LogP contribution is 2.28. The van der Waals surface area contributed by atoms with Crippen molar-refractivity contribution in [2.75, 3.05) is 0 Å². The molecule has 0 saturated heterocycles. The number of carbonyl (C=O) groups is 1. The summed E-state index contributed by atoms with van der Waals surface area (Å²) < 4.78 is 1.76. The summed E-state index contributed by atoms with van der Waals surface area (Å²) in [5.74, 6) is 0.176. The molecule has 0 unspecified atom stereocenters. The summed E-state index contributed by atoms with van der Waals surface area (Å²) in [7, 11) is 0. The predicted molar refractivity (Wildman–Crippen MR) is 92.8 cm³/mol. The molecule has 0 aliphatic heterocycles. The van der Waals surface area contributed by atoms with Crippen LogP contribution in [0.2, 0.25) is 0 Å². The maximum atomic E-state index is 12.5. The van der Waals surface area contributed by atoms with Crippen LogP contribution in [-0.2, 0) is 12.1 Å². The van der Waals surface area contributed by atoms with Crippen molar-refractivity contribution in [2.24, 2.45) is 5.92 Å². The molecule has 1 aliphatic carbocycles. The summed E-state index contributed by atoms with van der Waals surface area (Å²) >= 11 is 0. The van der Waals surface area contributed by atoms with Crippen molar-refractivity contribution in [3.05, 3.63) is 41.5 Å². The van der Waals surface area contributed by atoms with Gasteiger partial charge < -0.3 is 10.4 Å². The molecule has 0 spiro atoms. The number of hydrogen-bond donors (Lipinski definition) is 2. The lowest BCUT2D eigenvalue weighted by Gasteiger charge is -2.21. The fraction of sp³-hybridized carbons (Fsp3) is 0.556. The molecule has 2 atom stereocenters. The van der Waals surface area contributed by atoms with Gasteiger partial charge in [0.2, 0.25) is 0 Å². The van der Waals surface area contributed by atoms with Gasteiger partial charge in [-0.05, 0) is 51.2 Å². The zero-order valence-corrected chi connectivity index (χ0v) is 14.9. The maximum Gasteiger partial charge on any atom is 0.270 e. The van der Waals surface area contributed by atoms with Gasteiger partial charge in [-0.15, -0.1) is 5.10 Å². The van der Waals surface area contributed by atoms with Crippen LogP contribution in [0, 0.1) is 12.8 Å². The SMILES string of the molecule is Cc1cccnc1C(=O)N[C@@H]1CCC[C@@H]1Cn1cc(C(C)(C)O)nn1. The Balaban J connectivity index is 1.66. The number of pyridine rings is 1. The first-order valence-electron chi connectivity index (χ1n) is 8.70. The van der Waals surface area contributed by atoms with E-state index in [4.69, 9.17) is 0 Å². The molecular weight excluding hydrogens is 318 g/mol. The van der Waals surface area contributed by atoms with E-state index in [-0.39, 0.29) is 11.9 Å². The fourth-order valence-electron chi connectivity index (χ4n) is 3.31. The lowest BCUT2D eigenvalue weighted by atomic mass is 10.0. The minimum Gasteiger partial charge on any atom is -0.384 e. The van der Waals surface area contributed by atoms with Crippen LogP contribution in [-0.4, -0.2) is 37.0 Å². The summed E-state index contributed by atoms with van der Waals surface area (Å²) in [6.45, 7) is 5.95. The number of aliphatic hydroxyl groups is 1. The Morgan fingerprint density at radius 3 is 2.92 bits per heavy atom. The second-order valence-corrected chi connectivity index (χ2v) is 7.32. The number of hydrogen-bond acceptors (Lipinski definition) is 5. The van der Waals surface area contributed by atoms with E-state index in [2.05, 4.69) is 20.6 Å². The topological polar surface area (TPSA) is 92.9 Å². The monoisotopic (exact) mass is 343 g/mol. The molecule has 25 heavy (non-hydrogen) atoms. The molecule has 134 valence electrons. The fourth-order valence-corrected chi connectivity index (χ4v) is 3.31. The average molecular weight is 343 g/mol. The van der Waals surface area contributed by atoms with Crippen LogP contribution in [0.25, 0.3) is 0 Å². The second kappa shape index (κ2) is 6.92. The van der Waals surface area contributed by atoms with E-state index in [0.29, 0.717) is 23.9 Å². The van der Waals surface area contributed by atoms with E-state index in [1.807, 2.05) is 19.1 Å². The van der Waals surface area contributed by atoms with Crippen molar-refractivity contribution in [3.63, 3.8) is 0 Å². The van der Waals surface area contributed by atoms with Gasteiger partial charge in [0, 0.05) is 18.8 Å². The van der Waals surface area contributed by atoms with Gasteiger partial charge in [0.15, 0.2) is 0 Å². The van der Waals surface area contributed by atoms with E-state index in [1.165, 1.54) is 0 Å². The van der Waals surface area contributed by atoms with Crippen molar-refractivity contribution in [3.8, 4) is 0 Å². The Labute approximate surface area is 147 Å². The number of rotatable bonds is 5. The first-order valence-corrected chi connectivity index (χ1v) is 8.70. The van der Waals surface area contributed by atoms with Crippen LogP contribution in [0.15, 0.2) is 24.5 Å². The molecule has 0 bridgehead atoms. The maximum absolute atomic E-state index is 12.5. The zero-order chi connectivity index (χ0) is 18.0. The highest BCUT2D eigenvalue weighted by atomic mass is 16.3. The minimum atomic E-state index is -1.00. The molecule has 3 rings (SSSR count). The third-order valence-electron chi connectivity index (χ3n) is 4.79. The van der Waals surface area contributed by atoms with Crippen LogP contribution in [0.1, 0.15) is 54.9 Å². The van der Waals surface area contributed by atoms with E-state index < -0.39 is 5.60 Å². The molecule has 7 heteroatoms. The van der Waals surface area contributed by atoms with E-state index in [9.17, 15) is 9.90 Å². The predicted octanol–water partition coefficient (Wildman–Crippen LogP) is 1.81. The Kier molecular flexibility index (Phi) is 4.85. The largest absolute Gasteiger partial charge is 0.384 e. The summed E-state index contributed by atoms with van der Waals surface area (Å²) in [4.78, 5) is 16.7. The van der Waals surface area contributed by atoms with Gasteiger partial charge in [0.05, 0.1) is 6.20 Å². The minimum absolute atomic E-state index is 0.101. The Morgan fingerprint density at radius 1 is 1.44 bits per heavy atom. The highest BCUT2D eigenvalue weighted by Gasteiger charge is 2.30. The van der Waals surface area contributed by atoms with Gasteiger partial charge in [0.1, 0.15) is 17.0 Å². The van der Waals surface area contributed by atoms with Gasteiger partial charge in [-0.2, -0.15) is 0 Å². The quantitative estimate of drug-likeness (QED) is 0.864. The molecule has 0 aromatic carbocycles. The lowest BCUT2D eigenvalue weighted by molar-refractivity contribution is 0.0737. The van der Waals surface area contributed by atoms with Gasteiger partial charge in [-0.1, -0.05) is 17.7 Å². The number of nitrogens with zero attached hydrogens (tertiary/aromatic N) is 4. The zero-order valence-electron chi connectivity index (χ0n) is 14.9. The van der Waals surface area contributed by atoms with Gasteiger partial charge >= 0.3 is 0 Å². The number of nitrogens with one attached hydrogen (secondary N) is 1. The number of carbonyl (C=O) groups excluding carboxylic acids is 1. The van der Waals surface area contributed by atoms with Crippen molar-refractivity contribution in [2.45, 2.75) is 58.2 Å². The molecule has 2 aromatic heterocycles. The van der Waals surface area contributed by atoms with Crippen LogP contribution < -0.4 is 5.32 Å². The number of aryl methyl sites for hydroxylation is 1. The van der Waals surface area contributed by atoms with Crippen molar-refractivity contribution in [1.29, 1.82) is 0 Å². The Morgan fingerprint density at radius 2 is 2.24 bits per heavy atom. The molecule has 1 amide bonds. The first kappa shape index (κ1) is 17.5.